The van der Waals surface area contributed by atoms with Crippen LogP contribution in [0.15, 0.2) is 76.0 Å². The largest absolute Gasteiger partial charge is 0.507 e. The standard InChI is InChI=1S/C36H38N2O3S/c1-35(2,3)26-18-21(19-27(32(26)39)36(4,5)6)20-29-33(40)38-31(24-14-10-11-15-28(24)41-7)25-17-16-22-12-8-9-13-23(22)30(25)37-34(38)42-29/h8-15,18-20,31,39H,16-17H2,1-7H3/b29-20-/t31-/m0/s1. The van der Waals surface area contributed by atoms with Crippen LogP contribution in [0, 0.1) is 0 Å². The zero-order valence-corrected chi connectivity index (χ0v) is 26.2. The van der Waals surface area contributed by atoms with Gasteiger partial charge in [-0.2, -0.15) is 0 Å². The maximum atomic E-state index is 14.3. The van der Waals surface area contributed by atoms with Gasteiger partial charge in [-0.05, 0) is 64.6 Å². The molecule has 1 aliphatic carbocycles. The Morgan fingerprint density at radius 3 is 2.26 bits per heavy atom. The van der Waals surface area contributed by atoms with Crippen molar-refractivity contribution in [2.45, 2.75) is 71.3 Å². The maximum absolute atomic E-state index is 14.3. The third kappa shape index (κ3) is 4.72. The van der Waals surface area contributed by atoms with Gasteiger partial charge in [-0.1, -0.05) is 95.3 Å². The van der Waals surface area contributed by atoms with E-state index in [2.05, 4.69) is 71.9 Å². The molecule has 3 aromatic carbocycles. The second-order valence-electron chi connectivity index (χ2n) is 13.3. The quantitative estimate of drug-likeness (QED) is 0.297. The highest BCUT2D eigenvalue weighted by atomic mass is 32.1. The first-order valence-electron chi connectivity index (χ1n) is 14.5. The highest BCUT2D eigenvalue weighted by Crippen LogP contribution is 2.43. The molecule has 0 saturated carbocycles. The van der Waals surface area contributed by atoms with Crippen LogP contribution >= 0.6 is 11.3 Å². The number of para-hydroxylation sites is 1. The van der Waals surface area contributed by atoms with E-state index in [1.54, 1.807) is 7.11 Å². The van der Waals surface area contributed by atoms with Crippen LogP contribution in [0.2, 0.25) is 0 Å². The molecule has 42 heavy (non-hydrogen) atoms. The maximum Gasteiger partial charge on any atom is 0.271 e. The van der Waals surface area contributed by atoms with Crippen LogP contribution in [0.5, 0.6) is 11.5 Å². The van der Waals surface area contributed by atoms with Gasteiger partial charge in [-0.3, -0.25) is 9.36 Å². The minimum Gasteiger partial charge on any atom is -0.507 e. The lowest BCUT2D eigenvalue weighted by Gasteiger charge is -2.31. The van der Waals surface area contributed by atoms with Crippen LogP contribution < -0.4 is 19.6 Å². The van der Waals surface area contributed by atoms with Gasteiger partial charge in [0.05, 0.1) is 23.4 Å². The molecule has 5 nitrogen and oxygen atoms in total. The number of nitrogens with zero attached hydrogens (tertiary/aromatic N) is 2. The van der Waals surface area contributed by atoms with E-state index in [1.807, 2.05) is 41.0 Å². The number of methoxy groups -OCH3 is 1. The summed E-state index contributed by atoms with van der Waals surface area (Å²) in [7, 11) is 1.68. The van der Waals surface area contributed by atoms with Gasteiger partial charge in [0.1, 0.15) is 11.5 Å². The number of aryl methyl sites for hydroxylation is 1. The van der Waals surface area contributed by atoms with Crippen LogP contribution in [0.25, 0.3) is 11.8 Å². The van der Waals surface area contributed by atoms with Crippen LogP contribution in [-0.2, 0) is 17.3 Å². The third-order valence-corrected chi connectivity index (χ3v) is 9.34. The summed E-state index contributed by atoms with van der Waals surface area (Å²) in [4.78, 5) is 20.2. The molecule has 0 amide bonds. The number of rotatable bonds is 3. The van der Waals surface area contributed by atoms with Crippen molar-refractivity contribution in [2.24, 2.45) is 4.99 Å². The van der Waals surface area contributed by atoms with Gasteiger partial charge < -0.3 is 9.84 Å². The van der Waals surface area contributed by atoms with Gasteiger partial charge in [0, 0.05) is 22.3 Å². The summed E-state index contributed by atoms with van der Waals surface area (Å²) in [6.45, 7) is 12.6. The molecule has 0 bridgehead atoms. The van der Waals surface area contributed by atoms with Gasteiger partial charge in [0.2, 0.25) is 0 Å². The molecule has 6 rings (SSSR count). The molecule has 1 aliphatic heterocycles. The molecule has 1 atom stereocenters. The van der Waals surface area contributed by atoms with E-state index in [0.29, 0.717) is 15.1 Å². The molecule has 2 aliphatic rings. The van der Waals surface area contributed by atoms with Gasteiger partial charge in [-0.25, -0.2) is 4.99 Å². The van der Waals surface area contributed by atoms with E-state index >= 15 is 0 Å². The number of fused-ring (bicyclic) bond motifs is 3. The van der Waals surface area contributed by atoms with E-state index in [0.717, 1.165) is 57.7 Å². The van der Waals surface area contributed by atoms with E-state index in [9.17, 15) is 9.90 Å². The van der Waals surface area contributed by atoms with Crippen LogP contribution in [-0.4, -0.2) is 16.8 Å². The summed E-state index contributed by atoms with van der Waals surface area (Å²) in [5.41, 5.74) is 7.54. The number of thiazole rings is 1. The number of aromatic hydroxyl groups is 1. The summed E-state index contributed by atoms with van der Waals surface area (Å²) >= 11 is 1.42. The minimum atomic E-state index is -0.307. The Hall–Kier alpha value is -3.90. The molecule has 1 aromatic heterocycles. The van der Waals surface area contributed by atoms with Gasteiger partial charge in [-0.15, -0.1) is 0 Å². The predicted octanol–water partition coefficient (Wildman–Crippen LogP) is 6.63. The first kappa shape index (κ1) is 28.2. The van der Waals surface area contributed by atoms with Gasteiger partial charge in [0.15, 0.2) is 4.80 Å². The Kier molecular flexibility index (Phi) is 6.81. The molecule has 0 unspecified atom stereocenters. The Labute approximate surface area is 251 Å². The molecule has 0 spiro atoms. The lowest BCUT2D eigenvalue weighted by molar-refractivity contribution is 0.402. The number of hydrogen-bond donors (Lipinski definition) is 1. The molecular weight excluding hydrogens is 540 g/mol. The topological polar surface area (TPSA) is 63.8 Å². The molecule has 216 valence electrons. The van der Waals surface area contributed by atoms with E-state index in [4.69, 9.17) is 9.73 Å². The molecule has 0 saturated heterocycles. The molecule has 4 aromatic rings. The Balaban J connectivity index is 1.63. The average Bonchev–Trinajstić information content (AvgIpc) is 3.25. The van der Waals surface area contributed by atoms with Crippen molar-refractivity contribution in [2.75, 3.05) is 7.11 Å². The zero-order chi connectivity index (χ0) is 30.0. The van der Waals surface area contributed by atoms with Crippen molar-refractivity contribution < 1.29 is 9.84 Å². The van der Waals surface area contributed by atoms with E-state index < -0.39 is 0 Å². The van der Waals surface area contributed by atoms with E-state index in [-0.39, 0.29) is 22.4 Å². The van der Waals surface area contributed by atoms with Crippen LogP contribution in [0.3, 0.4) is 0 Å². The first-order valence-corrected chi connectivity index (χ1v) is 15.3. The monoisotopic (exact) mass is 578 g/mol. The zero-order valence-electron chi connectivity index (χ0n) is 25.4. The number of aromatic nitrogens is 1. The number of allylic oxidation sites excluding steroid dienone is 1. The lowest BCUT2D eigenvalue weighted by Crippen LogP contribution is -2.39. The smallest absolute Gasteiger partial charge is 0.271 e. The average molecular weight is 579 g/mol. The third-order valence-electron chi connectivity index (χ3n) is 8.35. The molecule has 0 radical (unpaired) electrons. The molecule has 6 heteroatoms. The summed E-state index contributed by atoms with van der Waals surface area (Å²) in [5.74, 6) is 1.09. The molecule has 0 fully saturated rings. The van der Waals surface area contributed by atoms with Crippen LogP contribution in [0.1, 0.15) is 87.4 Å². The minimum absolute atomic E-state index is 0.0669. The number of hydrogen-bond acceptors (Lipinski definition) is 5. The van der Waals surface area contributed by atoms with Crippen molar-refractivity contribution in [1.82, 2.24) is 4.57 Å². The number of benzene rings is 3. The molecular formula is C36H38N2O3S. The second kappa shape index (κ2) is 10.1. The second-order valence-corrected chi connectivity index (χ2v) is 14.3. The van der Waals surface area contributed by atoms with E-state index in [1.165, 1.54) is 16.9 Å². The number of phenols is 1. The van der Waals surface area contributed by atoms with Gasteiger partial charge >= 0.3 is 0 Å². The Morgan fingerprint density at radius 2 is 1.60 bits per heavy atom. The SMILES string of the molecule is COc1ccccc1[C@H]1C2=C(N=c3s/c(=C\c4cc(C(C)(C)C)c(O)c(C(C)(C)C)c4)c(=O)n31)c1ccccc1CC2. The van der Waals surface area contributed by atoms with Crippen molar-refractivity contribution >= 4 is 23.1 Å². The normalized spacial score (nSPS) is 16.9. The number of ether oxygens (including phenoxy) is 1. The fourth-order valence-electron chi connectivity index (χ4n) is 6.23. The Bertz CT molecular complexity index is 1890. The Morgan fingerprint density at radius 1 is 0.952 bits per heavy atom. The lowest BCUT2D eigenvalue weighted by atomic mass is 9.78. The summed E-state index contributed by atoms with van der Waals surface area (Å²) < 4.78 is 8.29. The highest BCUT2D eigenvalue weighted by molar-refractivity contribution is 7.07. The van der Waals surface area contributed by atoms with Crippen molar-refractivity contribution in [1.29, 1.82) is 0 Å². The summed E-state index contributed by atoms with van der Waals surface area (Å²) in [6.07, 6.45) is 3.69. The van der Waals surface area contributed by atoms with Crippen molar-refractivity contribution in [3.05, 3.63) is 119 Å². The summed E-state index contributed by atoms with van der Waals surface area (Å²) in [5, 5.41) is 11.2. The van der Waals surface area contributed by atoms with Crippen LogP contribution in [0.4, 0.5) is 0 Å². The molecule has 1 N–H and O–H groups in total. The molecule has 2 heterocycles. The number of phenolic OH excluding ortho intramolecular Hbond substituents is 1. The van der Waals surface area contributed by atoms with Gasteiger partial charge in [0.25, 0.3) is 5.56 Å². The van der Waals surface area contributed by atoms with Crippen molar-refractivity contribution in [3.8, 4) is 11.5 Å². The van der Waals surface area contributed by atoms with Crippen molar-refractivity contribution in [3.63, 3.8) is 0 Å². The predicted molar refractivity (Wildman–Crippen MR) is 171 cm³/mol. The first-order chi connectivity index (χ1) is 19.9. The summed E-state index contributed by atoms with van der Waals surface area (Å²) in [6, 6.07) is 20.2. The highest BCUT2D eigenvalue weighted by Gasteiger charge is 2.34. The fraction of sp³-hybridized carbons (Fsp3) is 0.333. The fourth-order valence-corrected chi connectivity index (χ4v) is 7.23.